The Kier molecular flexibility index (Phi) is 6.66. The number of aromatic nitrogens is 2. The van der Waals surface area contributed by atoms with Crippen molar-refractivity contribution in [3.63, 3.8) is 0 Å². The molecule has 28 heavy (non-hydrogen) atoms. The Hall–Kier alpha value is -3.03. The van der Waals surface area contributed by atoms with Crippen LogP contribution in [0.15, 0.2) is 30.3 Å². The van der Waals surface area contributed by atoms with Crippen LogP contribution >= 0.6 is 0 Å². The van der Waals surface area contributed by atoms with Gasteiger partial charge < -0.3 is 20.3 Å². The van der Waals surface area contributed by atoms with Crippen molar-refractivity contribution in [2.24, 2.45) is 0 Å². The van der Waals surface area contributed by atoms with E-state index in [0.717, 1.165) is 17.1 Å². The Bertz CT molecular complexity index is 821. The number of ether oxygens (including phenoxy) is 1. The van der Waals surface area contributed by atoms with Crippen molar-refractivity contribution in [1.82, 2.24) is 20.0 Å². The third-order valence-electron chi connectivity index (χ3n) is 4.12. The van der Waals surface area contributed by atoms with Crippen molar-refractivity contribution in [3.05, 3.63) is 36.0 Å². The molecule has 0 aliphatic rings. The van der Waals surface area contributed by atoms with Gasteiger partial charge in [-0.25, -0.2) is 9.48 Å². The number of nitrogens with zero attached hydrogens (tertiary/aromatic N) is 3. The van der Waals surface area contributed by atoms with E-state index in [4.69, 9.17) is 4.74 Å². The lowest BCUT2D eigenvalue weighted by atomic mass is 9.92. The van der Waals surface area contributed by atoms with E-state index in [2.05, 4.69) is 36.5 Å². The monoisotopic (exact) mass is 387 g/mol. The molecule has 1 aromatic carbocycles. The lowest BCUT2D eigenvalue weighted by molar-refractivity contribution is -0.116. The number of benzene rings is 1. The molecule has 0 bridgehead atoms. The molecule has 1 heterocycles. The summed E-state index contributed by atoms with van der Waals surface area (Å²) in [4.78, 5) is 25.6. The first-order valence-corrected chi connectivity index (χ1v) is 9.19. The van der Waals surface area contributed by atoms with Crippen LogP contribution in [0.25, 0.3) is 5.69 Å². The van der Waals surface area contributed by atoms with Crippen LogP contribution in [-0.2, 0) is 10.2 Å². The van der Waals surface area contributed by atoms with Gasteiger partial charge in [0.25, 0.3) is 0 Å². The molecule has 2 N–H and O–H groups in total. The van der Waals surface area contributed by atoms with Gasteiger partial charge in [-0.3, -0.25) is 4.79 Å². The van der Waals surface area contributed by atoms with Crippen LogP contribution in [-0.4, -0.2) is 53.9 Å². The summed E-state index contributed by atoms with van der Waals surface area (Å²) in [5.41, 5.74) is 1.45. The van der Waals surface area contributed by atoms with E-state index in [1.165, 1.54) is 4.90 Å². The minimum atomic E-state index is -0.302. The highest BCUT2D eigenvalue weighted by Crippen LogP contribution is 2.27. The summed E-state index contributed by atoms with van der Waals surface area (Å²) in [6, 6.07) is 8.97. The Balaban J connectivity index is 2.27. The number of carbonyl (C=O) groups excluding carboxylic acids is 2. The number of urea groups is 1. The van der Waals surface area contributed by atoms with Crippen molar-refractivity contribution in [2.45, 2.75) is 33.1 Å². The van der Waals surface area contributed by atoms with Crippen molar-refractivity contribution in [3.8, 4) is 11.4 Å². The minimum absolute atomic E-state index is 0.0650. The molecule has 0 radical (unpaired) electrons. The first kappa shape index (κ1) is 21.3. The number of hydrogen-bond donors (Lipinski definition) is 2. The van der Waals surface area contributed by atoms with Crippen molar-refractivity contribution in [1.29, 1.82) is 0 Å². The second-order valence-corrected chi connectivity index (χ2v) is 7.51. The molecular weight excluding hydrogens is 358 g/mol. The number of anilines is 1. The maximum Gasteiger partial charge on any atom is 0.317 e. The van der Waals surface area contributed by atoms with E-state index in [1.54, 1.807) is 18.8 Å². The summed E-state index contributed by atoms with van der Waals surface area (Å²) < 4.78 is 6.89. The fraction of sp³-hybridized carbons (Fsp3) is 0.450. The molecule has 8 heteroatoms. The molecule has 0 unspecified atom stereocenters. The molecule has 0 spiro atoms. The highest BCUT2D eigenvalue weighted by atomic mass is 16.5. The van der Waals surface area contributed by atoms with Gasteiger partial charge in [0, 0.05) is 25.1 Å². The summed E-state index contributed by atoms with van der Waals surface area (Å²) in [6.07, 6.45) is 0. The van der Waals surface area contributed by atoms with Gasteiger partial charge in [0.2, 0.25) is 5.91 Å². The second-order valence-electron chi connectivity index (χ2n) is 7.51. The number of rotatable bonds is 6. The number of likely N-dealkylation sites (N-methyl/N-ethyl adjacent to an activating group) is 1. The number of hydrogen-bond acceptors (Lipinski definition) is 4. The molecule has 0 atom stereocenters. The first-order chi connectivity index (χ1) is 13.2. The zero-order chi connectivity index (χ0) is 20.9. The first-order valence-electron chi connectivity index (χ1n) is 9.19. The molecule has 1 aromatic heterocycles. The Morgan fingerprint density at radius 1 is 1.21 bits per heavy atom. The van der Waals surface area contributed by atoms with Crippen LogP contribution in [0.5, 0.6) is 5.75 Å². The molecule has 0 saturated carbocycles. The van der Waals surface area contributed by atoms with Crippen LogP contribution < -0.4 is 15.4 Å². The minimum Gasteiger partial charge on any atom is -0.497 e. The molecular formula is C20H29N5O3. The van der Waals surface area contributed by atoms with Crippen LogP contribution in [0.1, 0.15) is 33.4 Å². The Morgan fingerprint density at radius 2 is 1.86 bits per heavy atom. The molecule has 2 aromatic rings. The molecule has 0 aliphatic carbocycles. The highest BCUT2D eigenvalue weighted by molar-refractivity contribution is 5.94. The number of amides is 3. The SMILES string of the molecule is CCNC(=O)N(C)CC(=O)Nc1cc(C(C)(C)C)nn1-c1ccc(OC)cc1. The van der Waals surface area contributed by atoms with Gasteiger partial charge in [0.1, 0.15) is 18.1 Å². The topological polar surface area (TPSA) is 88.5 Å². The van der Waals surface area contributed by atoms with E-state index in [9.17, 15) is 9.59 Å². The van der Waals surface area contributed by atoms with E-state index in [1.807, 2.05) is 37.3 Å². The Labute approximate surface area is 165 Å². The molecule has 8 nitrogen and oxygen atoms in total. The largest absolute Gasteiger partial charge is 0.497 e. The van der Waals surface area contributed by atoms with E-state index >= 15 is 0 Å². The Morgan fingerprint density at radius 3 is 2.39 bits per heavy atom. The lowest BCUT2D eigenvalue weighted by Gasteiger charge is -2.17. The standard InChI is InChI=1S/C20H29N5O3/c1-7-21-19(27)24(5)13-18(26)22-17-12-16(20(2,3)4)23-25(17)14-8-10-15(28-6)11-9-14/h8-12H,7,13H2,1-6H3,(H,21,27)(H,22,26). The number of nitrogens with one attached hydrogen (secondary N) is 2. The normalized spacial score (nSPS) is 11.1. The molecule has 3 amide bonds. The third-order valence-corrected chi connectivity index (χ3v) is 4.12. The van der Waals surface area contributed by atoms with Gasteiger partial charge >= 0.3 is 6.03 Å². The smallest absolute Gasteiger partial charge is 0.317 e. The maximum atomic E-state index is 12.5. The van der Waals surface area contributed by atoms with Crippen LogP contribution in [0, 0.1) is 0 Å². The van der Waals surface area contributed by atoms with Gasteiger partial charge in [-0.1, -0.05) is 20.8 Å². The summed E-state index contributed by atoms with van der Waals surface area (Å²) >= 11 is 0. The highest BCUT2D eigenvalue weighted by Gasteiger charge is 2.22. The molecule has 2 rings (SSSR count). The van der Waals surface area contributed by atoms with Crippen LogP contribution in [0.3, 0.4) is 0 Å². The average Bonchev–Trinajstić information content (AvgIpc) is 3.06. The fourth-order valence-electron chi connectivity index (χ4n) is 2.51. The third kappa shape index (κ3) is 5.25. The molecule has 0 aliphatic heterocycles. The quantitative estimate of drug-likeness (QED) is 0.798. The molecule has 152 valence electrons. The van der Waals surface area contributed by atoms with Gasteiger partial charge in [0.15, 0.2) is 0 Å². The van der Waals surface area contributed by atoms with E-state index in [0.29, 0.717) is 12.4 Å². The van der Waals surface area contributed by atoms with Crippen LogP contribution in [0.2, 0.25) is 0 Å². The maximum absolute atomic E-state index is 12.5. The number of carbonyl (C=O) groups is 2. The van der Waals surface area contributed by atoms with Crippen molar-refractivity contribution in [2.75, 3.05) is 32.6 Å². The summed E-state index contributed by atoms with van der Waals surface area (Å²) in [5, 5.41) is 10.2. The number of methoxy groups -OCH3 is 1. The van der Waals surface area contributed by atoms with Gasteiger partial charge in [-0.2, -0.15) is 5.10 Å². The molecule has 0 fully saturated rings. The van der Waals surface area contributed by atoms with Crippen molar-refractivity contribution < 1.29 is 14.3 Å². The van der Waals surface area contributed by atoms with Gasteiger partial charge in [-0.05, 0) is 31.2 Å². The van der Waals surface area contributed by atoms with Crippen LogP contribution in [0.4, 0.5) is 10.6 Å². The van der Waals surface area contributed by atoms with Gasteiger partial charge in [-0.15, -0.1) is 0 Å². The van der Waals surface area contributed by atoms with Gasteiger partial charge in [0.05, 0.1) is 18.5 Å². The summed E-state index contributed by atoms with van der Waals surface area (Å²) in [6.45, 7) is 8.44. The predicted octanol–water partition coefficient (Wildman–Crippen LogP) is 2.78. The fourth-order valence-corrected chi connectivity index (χ4v) is 2.51. The van der Waals surface area contributed by atoms with Crippen molar-refractivity contribution >= 4 is 17.8 Å². The average molecular weight is 387 g/mol. The molecule has 0 saturated heterocycles. The van der Waals surface area contributed by atoms with E-state index in [-0.39, 0.29) is 23.9 Å². The summed E-state index contributed by atoms with van der Waals surface area (Å²) in [5.74, 6) is 0.981. The van der Waals surface area contributed by atoms with E-state index < -0.39 is 0 Å². The lowest BCUT2D eigenvalue weighted by Crippen LogP contribution is -2.41. The second kappa shape index (κ2) is 8.77. The zero-order valence-electron chi connectivity index (χ0n) is 17.4. The zero-order valence-corrected chi connectivity index (χ0v) is 17.4. The predicted molar refractivity (Wildman–Crippen MR) is 109 cm³/mol. The summed E-state index contributed by atoms with van der Waals surface area (Å²) in [7, 11) is 3.18.